The lowest BCUT2D eigenvalue weighted by Gasteiger charge is -2.34. The Morgan fingerprint density at radius 1 is 1.32 bits per heavy atom. The molecule has 2 aromatic heterocycles. The van der Waals surface area contributed by atoms with Crippen molar-refractivity contribution in [2.75, 3.05) is 0 Å². The molecular weight excluding hydrogens is 282 g/mol. The number of pyridine rings is 1. The molecule has 0 aromatic carbocycles. The van der Waals surface area contributed by atoms with E-state index in [1.807, 2.05) is 12.1 Å². The summed E-state index contributed by atoms with van der Waals surface area (Å²) in [4.78, 5) is 31.1. The van der Waals surface area contributed by atoms with Gasteiger partial charge in [-0.3, -0.25) is 4.79 Å². The Balaban J connectivity index is 1.75. The van der Waals surface area contributed by atoms with E-state index < -0.39 is 11.5 Å². The van der Waals surface area contributed by atoms with Crippen molar-refractivity contribution < 1.29 is 14.7 Å². The highest BCUT2D eigenvalue weighted by atomic mass is 16.4. The zero-order valence-electron chi connectivity index (χ0n) is 12.3. The number of carboxylic acids is 1. The first kappa shape index (κ1) is 14.6. The number of aromatic amines is 1. The van der Waals surface area contributed by atoms with Crippen molar-refractivity contribution in [2.45, 2.75) is 44.1 Å². The Kier molecular flexibility index (Phi) is 3.83. The molecule has 0 bridgehead atoms. The first-order valence-corrected chi connectivity index (χ1v) is 7.56. The largest absolute Gasteiger partial charge is 0.480 e. The van der Waals surface area contributed by atoms with Crippen LogP contribution in [0.15, 0.2) is 24.5 Å². The van der Waals surface area contributed by atoms with E-state index in [4.69, 9.17) is 0 Å². The van der Waals surface area contributed by atoms with E-state index in [0.29, 0.717) is 12.8 Å². The van der Waals surface area contributed by atoms with Crippen LogP contribution in [0.25, 0.3) is 11.0 Å². The number of nitrogens with one attached hydrogen (secondary N) is 2. The van der Waals surface area contributed by atoms with Crippen molar-refractivity contribution >= 4 is 22.9 Å². The van der Waals surface area contributed by atoms with Gasteiger partial charge in [-0.2, -0.15) is 0 Å². The molecule has 116 valence electrons. The molecule has 22 heavy (non-hydrogen) atoms. The third-order valence-corrected chi connectivity index (χ3v) is 4.38. The van der Waals surface area contributed by atoms with Crippen molar-refractivity contribution in [3.63, 3.8) is 0 Å². The van der Waals surface area contributed by atoms with Crippen LogP contribution in [0.2, 0.25) is 0 Å². The van der Waals surface area contributed by atoms with Crippen molar-refractivity contribution in [1.29, 1.82) is 0 Å². The smallest absolute Gasteiger partial charge is 0.329 e. The Hall–Kier alpha value is -2.37. The summed E-state index contributed by atoms with van der Waals surface area (Å²) in [6, 6.07) is 3.71. The Morgan fingerprint density at radius 2 is 2.09 bits per heavy atom. The van der Waals surface area contributed by atoms with Crippen molar-refractivity contribution in [3.8, 4) is 0 Å². The molecule has 1 aliphatic rings. The fourth-order valence-electron chi connectivity index (χ4n) is 3.19. The summed E-state index contributed by atoms with van der Waals surface area (Å²) in [5, 5.41) is 13.2. The van der Waals surface area contributed by atoms with Gasteiger partial charge in [0.05, 0.1) is 6.42 Å². The lowest BCUT2D eigenvalue weighted by atomic mass is 9.81. The van der Waals surface area contributed by atoms with Gasteiger partial charge in [0, 0.05) is 17.8 Å². The lowest BCUT2D eigenvalue weighted by molar-refractivity contribution is -0.149. The average molecular weight is 301 g/mol. The molecular formula is C16H19N3O3. The monoisotopic (exact) mass is 301 g/mol. The van der Waals surface area contributed by atoms with E-state index in [0.717, 1.165) is 35.9 Å². The highest BCUT2D eigenvalue weighted by molar-refractivity contribution is 5.91. The molecule has 0 spiro atoms. The summed E-state index contributed by atoms with van der Waals surface area (Å²) in [7, 11) is 0. The molecule has 6 heteroatoms. The van der Waals surface area contributed by atoms with Gasteiger partial charge in [0.25, 0.3) is 0 Å². The number of amides is 1. The first-order chi connectivity index (χ1) is 10.6. The lowest BCUT2D eigenvalue weighted by Crippen LogP contribution is -2.55. The van der Waals surface area contributed by atoms with Crippen molar-refractivity contribution in [3.05, 3.63) is 30.1 Å². The van der Waals surface area contributed by atoms with Gasteiger partial charge in [0.15, 0.2) is 0 Å². The third-order valence-electron chi connectivity index (χ3n) is 4.38. The topological polar surface area (TPSA) is 95.1 Å². The summed E-state index contributed by atoms with van der Waals surface area (Å²) < 4.78 is 0. The number of nitrogens with zero attached hydrogens (tertiary/aromatic N) is 1. The fourth-order valence-corrected chi connectivity index (χ4v) is 3.19. The molecule has 0 radical (unpaired) electrons. The molecule has 1 saturated carbocycles. The predicted octanol–water partition coefficient (Wildman–Crippen LogP) is 2.01. The quantitative estimate of drug-likeness (QED) is 0.805. The Labute approximate surface area is 127 Å². The molecule has 0 aliphatic heterocycles. The highest BCUT2D eigenvalue weighted by Gasteiger charge is 2.40. The van der Waals surface area contributed by atoms with Crippen molar-refractivity contribution in [1.82, 2.24) is 15.3 Å². The van der Waals surface area contributed by atoms with Crippen LogP contribution in [-0.4, -0.2) is 32.5 Å². The van der Waals surface area contributed by atoms with E-state index in [1.54, 1.807) is 12.4 Å². The zero-order chi connectivity index (χ0) is 15.6. The number of carbonyl (C=O) groups excluding carboxylic acids is 1. The molecule has 3 N–H and O–H groups in total. The summed E-state index contributed by atoms with van der Waals surface area (Å²) >= 11 is 0. The van der Waals surface area contributed by atoms with Crippen LogP contribution in [0.1, 0.15) is 37.7 Å². The number of aromatic nitrogens is 2. The minimum absolute atomic E-state index is 0.153. The van der Waals surface area contributed by atoms with E-state index in [9.17, 15) is 14.7 Å². The molecule has 3 rings (SSSR count). The Morgan fingerprint density at radius 3 is 2.82 bits per heavy atom. The van der Waals surface area contributed by atoms with Crippen LogP contribution >= 0.6 is 0 Å². The van der Waals surface area contributed by atoms with Gasteiger partial charge in [-0.05, 0) is 30.5 Å². The second-order valence-electron chi connectivity index (χ2n) is 5.89. The molecule has 0 atom stereocenters. The van der Waals surface area contributed by atoms with E-state index in [-0.39, 0.29) is 12.3 Å². The minimum atomic E-state index is -1.10. The molecule has 0 unspecified atom stereocenters. The number of aliphatic carboxylic acids is 1. The van der Waals surface area contributed by atoms with Gasteiger partial charge in [-0.1, -0.05) is 19.3 Å². The highest BCUT2D eigenvalue weighted by Crippen LogP contribution is 2.28. The number of hydrogen-bond donors (Lipinski definition) is 3. The molecule has 1 fully saturated rings. The van der Waals surface area contributed by atoms with Gasteiger partial charge >= 0.3 is 5.97 Å². The van der Waals surface area contributed by atoms with Crippen LogP contribution in [0.3, 0.4) is 0 Å². The second-order valence-corrected chi connectivity index (χ2v) is 5.89. The molecule has 2 heterocycles. The van der Waals surface area contributed by atoms with E-state index in [2.05, 4.69) is 15.3 Å². The third kappa shape index (κ3) is 2.68. The Bertz CT molecular complexity index is 701. The number of carbonyl (C=O) groups is 2. The van der Waals surface area contributed by atoms with Gasteiger partial charge in [0.1, 0.15) is 11.2 Å². The number of rotatable bonds is 4. The van der Waals surface area contributed by atoms with Crippen LogP contribution in [-0.2, 0) is 16.0 Å². The summed E-state index contributed by atoms with van der Waals surface area (Å²) in [6.45, 7) is 0. The van der Waals surface area contributed by atoms with E-state index >= 15 is 0 Å². The van der Waals surface area contributed by atoms with Crippen LogP contribution in [0.4, 0.5) is 0 Å². The number of H-pyrrole nitrogens is 1. The normalized spacial score (nSPS) is 17.3. The van der Waals surface area contributed by atoms with Crippen LogP contribution < -0.4 is 5.32 Å². The van der Waals surface area contributed by atoms with Crippen LogP contribution in [0, 0.1) is 0 Å². The van der Waals surface area contributed by atoms with E-state index in [1.165, 1.54) is 0 Å². The predicted molar refractivity (Wildman–Crippen MR) is 81.4 cm³/mol. The number of hydrogen-bond acceptors (Lipinski definition) is 3. The standard InChI is InChI=1S/C16H19N3O3/c20-13(19-16(15(21)22)6-2-1-3-7-16)9-11-10-18-14-12(11)5-4-8-17-14/h4-5,8,10H,1-3,6-7,9H2,(H,17,18)(H,19,20)(H,21,22). The molecule has 2 aromatic rings. The van der Waals surface area contributed by atoms with Gasteiger partial charge in [0.2, 0.25) is 5.91 Å². The van der Waals surface area contributed by atoms with Crippen molar-refractivity contribution in [2.24, 2.45) is 0 Å². The number of fused-ring (bicyclic) bond motifs is 1. The molecule has 1 amide bonds. The van der Waals surface area contributed by atoms with Gasteiger partial charge in [-0.15, -0.1) is 0 Å². The summed E-state index contributed by atoms with van der Waals surface area (Å²) in [6.07, 6.45) is 7.30. The maximum absolute atomic E-state index is 12.3. The fraction of sp³-hybridized carbons (Fsp3) is 0.438. The summed E-state index contributed by atoms with van der Waals surface area (Å²) in [5.41, 5.74) is 0.465. The van der Waals surface area contributed by atoms with Gasteiger partial charge in [-0.25, -0.2) is 9.78 Å². The first-order valence-electron chi connectivity index (χ1n) is 7.56. The van der Waals surface area contributed by atoms with Crippen LogP contribution in [0.5, 0.6) is 0 Å². The summed E-state index contributed by atoms with van der Waals surface area (Å²) in [5.74, 6) is -1.19. The average Bonchev–Trinajstić information content (AvgIpc) is 2.91. The SMILES string of the molecule is O=C(Cc1c[nH]c2ncccc12)NC1(C(=O)O)CCCCC1. The second kappa shape index (κ2) is 5.79. The zero-order valence-corrected chi connectivity index (χ0v) is 12.3. The van der Waals surface area contributed by atoms with Gasteiger partial charge < -0.3 is 15.4 Å². The maximum Gasteiger partial charge on any atom is 0.329 e. The number of carboxylic acid groups (broad SMARTS) is 1. The molecule has 6 nitrogen and oxygen atoms in total. The minimum Gasteiger partial charge on any atom is -0.480 e. The molecule has 1 aliphatic carbocycles. The maximum atomic E-state index is 12.3. The molecule has 0 saturated heterocycles.